The number of nitrogens with zero attached hydrogens (tertiary/aromatic N) is 1. The number of rotatable bonds is 8. The minimum Gasteiger partial charge on any atom is -0.395 e. The summed E-state index contributed by atoms with van der Waals surface area (Å²) in [6, 6.07) is -0.832. The van der Waals surface area contributed by atoms with Gasteiger partial charge in [0.05, 0.1) is 37.6 Å². The Kier molecular flexibility index (Phi) is 7.55. The summed E-state index contributed by atoms with van der Waals surface area (Å²) in [4.78, 5) is 1.34. The fourth-order valence-electron chi connectivity index (χ4n) is 2.50. The van der Waals surface area contributed by atoms with E-state index in [0.29, 0.717) is 0 Å². The largest absolute Gasteiger partial charge is 0.395 e. The van der Waals surface area contributed by atoms with E-state index >= 15 is 0 Å². The standard InChI is InChI=1S/C12H25NO9/c14-3-5-9(19)6(16)1-13(5)2-7(17)10(20)12(22)11(21)8(18)4-15/h5-12,14-22H,1-4H2/t5-,6-,7?,8?,9-,10?,11?,12-/m1/s1. The van der Waals surface area contributed by atoms with Gasteiger partial charge in [0.1, 0.15) is 24.4 Å². The summed E-state index contributed by atoms with van der Waals surface area (Å²) in [5.74, 6) is 0. The van der Waals surface area contributed by atoms with E-state index in [0.717, 1.165) is 0 Å². The molecule has 1 heterocycles. The molecule has 1 saturated heterocycles. The van der Waals surface area contributed by atoms with Crippen molar-refractivity contribution in [3.63, 3.8) is 0 Å². The first kappa shape index (κ1) is 19.6. The molecule has 132 valence electrons. The van der Waals surface area contributed by atoms with Crippen LogP contribution in [0, 0.1) is 0 Å². The number of β-amino-alcohol motifs (C(OH)–C–C–N with tert-alkyl or cyclic N) is 2. The van der Waals surface area contributed by atoms with Gasteiger partial charge in [-0.3, -0.25) is 4.90 Å². The average molecular weight is 327 g/mol. The molecule has 0 bridgehead atoms. The van der Waals surface area contributed by atoms with Crippen molar-refractivity contribution >= 4 is 0 Å². The smallest absolute Gasteiger partial charge is 0.111 e. The molecule has 8 atom stereocenters. The molecule has 0 spiro atoms. The van der Waals surface area contributed by atoms with Crippen LogP contribution in [0.15, 0.2) is 0 Å². The van der Waals surface area contributed by atoms with Crippen LogP contribution in [-0.2, 0) is 0 Å². The first-order chi connectivity index (χ1) is 10.2. The second-order valence-electron chi connectivity index (χ2n) is 5.55. The number of aliphatic hydroxyl groups is 9. The first-order valence-electron chi connectivity index (χ1n) is 6.96. The molecular weight excluding hydrogens is 302 g/mol. The summed E-state index contributed by atoms with van der Waals surface area (Å²) >= 11 is 0. The summed E-state index contributed by atoms with van der Waals surface area (Å²) < 4.78 is 0. The van der Waals surface area contributed by atoms with Crippen LogP contribution in [0.4, 0.5) is 0 Å². The van der Waals surface area contributed by atoms with E-state index in [4.69, 9.17) is 5.11 Å². The van der Waals surface area contributed by atoms with Gasteiger partial charge in [0.15, 0.2) is 0 Å². The fraction of sp³-hybridized carbons (Fsp3) is 1.00. The van der Waals surface area contributed by atoms with Crippen molar-refractivity contribution in [1.29, 1.82) is 0 Å². The molecule has 0 saturated carbocycles. The van der Waals surface area contributed by atoms with Crippen LogP contribution in [0.5, 0.6) is 0 Å². The topological polar surface area (TPSA) is 185 Å². The molecule has 0 amide bonds. The lowest BCUT2D eigenvalue weighted by Crippen LogP contribution is -2.53. The SMILES string of the molecule is OCC(O)C(O)[C@H](O)C(O)C(O)CN1C[C@@H](O)[C@H](O)[C@H]1CO. The van der Waals surface area contributed by atoms with E-state index in [1.165, 1.54) is 4.90 Å². The van der Waals surface area contributed by atoms with Crippen LogP contribution >= 0.6 is 0 Å². The van der Waals surface area contributed by atoms with Crippen LogP contribution in [0.3, 0.4) is 0 Å². The van der Waals surface area contributed by atoms with Crippen molar-refractivity contribution < 1.29 is 46.0 Å². The minimum atomic E-state index is -1.91. The fourth-order valence-corrected chi connectivity index (χ4v) is 2.50. The van der Waals surface area contributed by atoms with Crippen LogP contribution in [0.2, 0.25) is 0 Å². The van der Waals surface area contributed by atoms with Crippen LogP contribution < -0.4 is 0 Å². The molecule has 1 aliphatic heterocycles. The molecule has 0 aromatic heterocycles. The molecule has 1 aliphatic rings. The Morgan fingerprint density at radius 2 is 1.41 bits per heavy atom. The quantitative estimate of drug-likeness (QED) is 0.208. The third kappa shape index (κ3) is 4.32. The second-order valence-corrected chi connectivity index (χ2v) is 5.55. The zero-order valence-corrected chi connectivity index (χ0v) is 11.9. The zero-order valence-electron chi connectivity index (χ0n) is 11.9. The molecule has 1 rings (SSSR count). The molecule has 10 heteroatoms. The van der Waals surface area contributed by atoms with Crippen molar-refractivity contribution in [2.45, 2.75) is 48.8 Å². The molecule has 22 heavy (non-hydrogen) atoms. The van der Waals surface area contributed by atoms with Gasteiger partial charge in [-0.05, 0) is 0 Å². The van der Waals surface area contributed by atoms with Crippen LogP contribution in [0.25, 0.3) is 0 Å². The van der Waals surface area contributed by atoms with Crippen molar-refractivity contribution in [2.75, 3.05) is 26.3 Å². The van der Waals surface area contributed by atoms with Gasteiger partial charge in [-0.1, -0.05) is 0 Å². The summed E-state index contributed by atoms with van der Waals surface area (Å²) in [7, 11) is 0. The van der Waals surface area contributed by atoms with E-state index in [1.807, 2.05) is 0 Å². The lowest BCUT2D eigenvalue weighted by Gasteiger charge is -2.32. The Balaban J connectivity index is 2.62. The minimum absolute atomic E-state index is 0.0475. The maximum absolute atomic E-state index is 9.89. The highest BCUT2D eigenvalue weighted by atomic mass is 16.4. The number of likely N-dealkylation sites (tertiary alicyclic amines) is 1. The summed E-state index contributed by atoms with van der Waals surface area (Å²) in [6.45, 7) is -1.65. The Bertz CT molecular complexity index is 334. The first-order valence-corrected chi connectivity index (χ1v) is 6.96. The average Bonchev–Trinajstić information content (AvgIpc) is 2.77. The van der Waals surface area contributed by atoms with Crippen molar-refractivity contribution in [1.82, 2.24) is 4.90 Å². The Labute approximate surface area is 127 Å². The van der Waals surface area contributed by atoms with Gasteiger partial charge in [-0.15, -0.1) is 0 Å². The van der Waals surface area contributed by atoms with Crippen molar-refractivity contribution in [3.8, 4) is 0 Å². The monoisotopic (exact) mass is 327 g/mol. The molecule has 4 unspecified atom stereocenters. The number of hydrogen-bond donors (Lipinski definition) is 9. The van der Waals surface area contributed by atoms with E-state index < -0.39 is 62.0 Å². The molecule has 0 aromatic rings. The maximum atomic E-state index is 9.89. The lowest BCUT2D eigenvalue weighted by molar-refractivity contribution is -0.144. The summed E-state index contributed by atoms with van der Waals surface area (Å²) in [5.41, 5.74) is 0. The molecule has 0 radical (unpaired) electrons. The van der Waals surface area contributed by atoms with E-state index in [1.54, 1.807) is 0 Å². The van der Waals surface area contributed by atoms with Gasteiger partial charge >= 0.3 is 0 Å². The van der Waals surface area contributed by atoms with Gasteiger partial charge in [-0.2, -0.15) is 0 Å². The Morgan fingerprint density at radius 1 is 0.864 bits per heavy atom. The predicted octanol–water partition coefficient (Wildman–Crippen LogP) is -5.82. The molecule has 0 aromatic carbocycles. The predicted molar refractivity (Wildman–Crippen MR) is 71.6 cm³/mol. The van der Waals surface area contributed by atoms with E-state index in [9.17, 15) is 40.9 Å². The number of hydrogen-bond acceptors (Lipinski definition) is 10. The summed E-state index contributed by atoms with van der Waals surface area (Å²) in [6.07, 6.45) is -11.2. The molecule has 1 fully saturated rings. The van der Waals surface area contributed by atoms with Gasteiger partial charge in [0, 0.05) is 13.1 Å². The third-order valence-corrected chi connectivity index (χ3v) is 3.96. The Hall–Kier alpha value is -0.400. The second kappa shape index (κ2) is 8.45. The highest BCUT2D eigenvalue weighted by Gasteiger charge is 2.42. The molecular formula is C12H25NO9. The van der Waals surface area contributed by atoms with Crippen molar-refractivity contribution in [3.05, 3.63) is 0 Å². The van der Waals surface area contributed by atoms with Gasteiger partial charge < -0.3 is 46.0 Å². The van der Waals surface area contributed by atoms with Crippen LogP contribution in [0.1, 0.15) is 0 Å². The van der Waals surface area contributed by atoms with E-state index in [2.05, 4.69) is 0 Å². The Morgan fingerprint density at radius 3 is 1.91 bits per heavy atom. The molecule has 10 nitrogen and oxygen atoms in total. The highest BCUT2D eigenvalue weighted by Crippen LogP contribution is 2.20. The lowest BCUT2D eigenvalue weighted by atomic mass is 9.99. The zero-order chi connectivity index (χ0) is 17.0. The van der Waals surface area contributed by atoms with Gasteiger partial charge in [0.2, 0.25) is 0 Å². The number of aliphatic hydroxyl groups excluding tert-OH is 9. The van der Waals surface area contributed by atoms with Crippen molar-refractivity contribution in [2.24, 2.45) is 0 Å². The van der Waals surface area contributed by atoms with Gasteiger partial charge in [-0.25, -0.2) is 0 Å². The molecule has 0 aliphatic carbocycles. The van der Waals surface area contributed by atoms with Gasteiger partial charge in [0.25, 0.3) is 0 Å². The van der Waals surface area contributed by atoms with Crippen LogP contribution in [-0.4, -0.2) is 126 Å². The highest BCUT2D eigenvalue weighted by molar-refractivity contribution is 4.95. The van der Waals surface area contributed by atoms with E-state index in [-0.39, 0.29) is 13.1 Å². The summed E-state index contributed by atoms with van der Waals surface area (Å²) in [5, 5.41) is 85.0. The normalized spacial score (nSPS) is 33.4. The molecule has 9 N–H and O–H groups in total. The maximum Gasteiger partial charge on any atom is 0.111 e. The third-order valence-electron chi connectivity index (χ3n) is 3.96.